The van der Waals surface area contributed by atoms with Crippen LogP contribution >= 0.6 is 0 Å². The Bertz CT molecular complexity index is 233. The van der Waals surface area contributed by atoms with E-state index in [1.54, 1.807) is 0 Å². The van der Waals surface area contributed by atoms with E-state index in [0.717, 1.165) is 25.7 Å². The van der Waals surface area contributed by atoms with Crippen molar-refractivity contribution >= 4 is 5.91 Å². The van der Waals surface area contributed by atoms with Crippen molar-refractivity contribution in [3.63, 3.8) is 0 Å². The van der Waals surface area contributed by atoms with E-state index in [0.29, 0.717) is 6.42 Å². The number of carbonyl (C=O) groups is 1. The molecule has 0 aromatic rings. The predicted molar refractivity (Wildman–Crippen MR) is 63.8 cm³/mol. The van der Waals surface area contributed by atoms with Crippen LogP contribution < -0.4 is 11.1 Å². The van der Waals surface area contributed by atoms with E-state index in [2.05, 4.69) is 5.32 Å². The zero-order valence-corrected chi connectivity index (χ0v) is 10.3. The van der Waals surface area contributed by atoms with Gasteiger partial charge in [-0.2, -0.15) is 0 Å². The average Bonchev–Trinajstić information content (AvgIpc) is 2.27. The molecular weight excluding hydrogens is 204 g/mol. The third-order valence-corrected chi connectivity index (χ3v) is 3.55. The van der Waals surface area contributed by atoms with Gasteiger partial charge in [0.05, 0.1) is 12.1 Å². The van der Waals surface area contributed by atoms with E-state index < -0.39 is 6.04 Å². The molecule has 4 atom stereocenters. The number of nitrogens with two attached hydrogens (primary N) is 1. The second-order valence-electron chi connectivity index (χ2n) is 4.94. The molecule has 0 aliphatic heterocycles. The van der Waals surface area contributed by atoms with Gasteiger partial charge >= 0.3 is 0 Å². The molecule has 16 heavy (non-hydrogen) atoms. The van der Waals surface area contributed by atoms with Crippen molar-refractivity contribution in [1.82, 2.24) is 5.32 Å². The van der Waals surface area contributed by atoms with Gasteiger partial charge in [0, 0.05) is 6.04 Å². The predicted octanol–water partition coefficient (Wildman–Crippen LogP) is 0.779. The largest absolute Gasteiger partial charge is 0.393 e. The Morgan fingerprint density at radius 3 is 2.81 bits per heavy atom. The van der Waals surface area contributed by atoms with Crippen molar-refractivity contribution in [3.05, 3.63) is 0 Å². The van der Waals surface area contributed by atoms with Crippen LogP contribution in [-0.2, 0) is 4.79 Å². The lowest BCUT2D eigenvalue weighted by molar-refractivity contribution is -0.124. The number of aliphatic hydroxyl groups is 1. The summed E-state index contributed by atoms with van der Waals surface area (Å²) < 4.78 is 0. The molecule has 0 heterocycles. The molecule has 94 valence electrons. The third kappa shape index (κ3) is 3.76. The van der Waals surface area contributed by atoms with Gasteiger partial charge in [0.2, 0.25) is 5.91 Å². The first-order valence-electron chi connectivity index (χ1n) is 6.28. The van der Waals surface area contributed by atoms with Gasteiger partial charge in [0.15, 0.2) is 0 Å². The highest BCUT2D eigenvalue weighted by Gasteiger charge is 2.25. The maximum absolute atomic E-state index is 11.8. The molecule has 0 saturated heterocycles. The summed E-state index contributed by atoms with van der Waals surface area (Å²) in [6.07, 6.45) is 4.09. The summed E-state index contributed by atoms with van der Waals surface area (Å²) in [5.41, 5.74) is 5.85. The minimum Gasteiger partial charge on any atom is -0.393 e. The summed E-state index contributed by atoms with van der Waals surface area (Å²) in [7, 11) is 0. The Morgan fingerprint density at radius 2 is 2.25 bits per heavy atom. The zero-order valence-electron chi connectivity index (χ0n) is 10.3. The van der Waals surface area contributed by atoms with Crippen LogP contribution in [0, 0.1) is 5.92 Å². The van der Waals surface area contributed by atoms with Crippen molar-refractivity contribution in [1.29, 1.82) is 0 Å². The minimum atomic E-state index is -0.427. The Labute approximate surface area is 97.6 Å². The summed E-state index contributed by atoms with van der Waals surface area (Å²) >= 11 is 0. The van der Waals surface area contributed by atoms with Crippen molar-refractivity contribution in [3.8, 4) is 0 Å². The summed E-state index contributed by atoms with van der Waals surface area (Å²) in [6, 6.07) is -0.324. The fourth-order valence-electron chi connectivity index (χ4n) is 2.10. The standard InChI is InChI=1S/C12H24N2O2/c1-3-8(2)11(13)12(16)14-9-5-4-6-10(15)7-9/h8-11,15H,3-7,13H2,1-2H3,(H,14,16). The smallest absolute Gasteiger partial charge is 0.237 e. The molecule has 4 N–H and O–H groups in total. The number of hydrogen-bond donors (Lipinski definition) is 3. The van der Waals surface area contributed by atoms with E-state index in [1.807, 2.05) is 13.8 Å². The highest BCUT2D eigenvalue weighted by molar-refractivity contribution is 5.82. The molecule has 1 amide bonds. The molecule has 1 saturated carbocycles. The minimum absolute atomic E-state index is 0.0755. The fraction of sp³-hybridized carbons (Fsp3) is 0.917. The van der Waals surface area contributed by atoms with Crippen LogP contribution in [-0.4, -0.2) is 29.2 Å². The second kappa shape index (κ2) is 6.21. The van der Waals surface area contributed by atoms with Crippen LogP contribution in [0.5, 0.6) is 0 Å². The first kappa shape index (κ1) is 13.5. The number of carbonyl (C=O) groups excluding carboxylic acids is 1. The van der Waals surface area contributed by atoms with Crippen LogP contribution in [0.3, 0.4) is 0 Å². The van der Waals surface area contributed by atoms with Gasteiger partial charge in [-0.25, -0.2) is 0 Å². The van der Waals surface area contributed by atoms with Crippen LogP contribution in [0.4, 0.5) is 0 Å². The first-order valence-corrected chi connectivity index (χ1v) is 6.28. The molecule has 1 aliphatic rings. The van der Waals surface area contributed by atoms with E-state index in [1.165, 1.54) is 0 Å². The van der Waals surface area contributed by atoms with Gasteiger partial charge in [0.1, 0.15) is 0 Å². The molecule has 4 heteroatoms. The molecule has 0 aromatic heterocycles. The van der Waals surface area contributed by atoms with Crippen molar-refractivity contribution in [2.24, 2.45) is 11.7 Å². The Kier molecular flexibility index (Phi) is 5.22. The van der Waals surface area contributed by atoms with E-state index in [9.17, 15) is 9.90 Å². The van der Waals surface area contributed by atoms with Gasteiger partial charge in [-0.1, -0.05) is 20.3 Å². The molecule has 1 aliphatic carbocycles. The number of rotatable bonds is 4. The summed E-state index contributed by atoms with van der Waals surface area (Å²) in [6.45, 7) is 4.02. The van der Waals surface area contributed by atoms with E-state index in [-0.39, 0.29) is 24.0 Å². The lowest BCUT2D eigenvalue weighted by Crippen LogP contribution is -2.49. The lowest BCUT2D eigenvalue weighted by Gasteiger charge is -2.28. The fourth-order valence-corrected chi connectivity index (χ4v) is 2.10. The Morgan fingerprint density at radius 1 is 1.56 bits per heavy atom. The first-order chi connectivity index (χ1) is 7.54. The molecular formula is C12H24N2O2. The zero-order chi connectivity index (χ0) is 12.1. The molecule has 4 unspecified atom stereocenters. The molecule has 0 spiro atoms. The van der Waals surface area contributed by atoms with Crippen molar-refractivity contribution in [2.75, 3.05) is 0 Å². The third-order valence-electron chi connectivity index (χ3n) is 3.55. The van der Waals surface area contributed by atoms with E-state index >= 15 is 0 Å². The van der Waals surface area contributed by atoms with Crippen molar-refractivity contribution in [2.45, 2.75) is 64.1 Å². The van der Waals surface area contributed by atoms with Crippen LogP contribution in [0.15, 0.2) is 0 Å². The summed E-state index contributed by atoms with van der Waals surface area (Å²) in [5, 5.41) is 12.4. The van der Waals surface area contributed by atoms with Gasteiger partial charge < -0.3 is 16.2 Å². The monoisotopic (exact) mass is 228 g/mol. The maximum Gasteiger partial charge on any atom is 0.237 e. The van der Waals surface area contributed by atoms with Gasteiger partial charge in [-0.15, -0.1) is 0 Å². The SMILES string of the molecule is CCC(C)C(N)C(=O)NC1CCCC(O)C1. The van der Waals surface area contributed by atoms with Crippen LogP contribution in [0.2, 0.25) is 0 Å². The lowest BCUT2D eigenvalue weighted by atomic mass is 9.92. The van der Waals surface area contributed by atoms with Gasteiger partial charge in [-0.3, -0.25) is 4.79 Å². The van der Waals surface area contributed by atoms with Crippen LogP contribution in [0.25, 0.3) is 0 Å². The topological polar surface area (TPSA) is 75.4 Å². The molecule has 0 bridgehead atoms. The molecule has 0 aromatic carbocycles. The van der Waals surface area contributed by atoms with Crippen molar-refractivity contribution < 1.29 is 9.90 Å². The Hall–Kier alpha value is -0.610. The quantitative estimate of drug-likeness (QED) is 0.665. The average molecular weight is 228 g/mol. The highest BCUT2D eigenvalue weighted by atomic mass is 16.3. The molecule has 4 nitrogen and oxygen atoms in total. The number of amides is 1. The summed E-state index contributed by atoms with van der Waals surface area (Å²) in [4.78, 5) is 11.8. The maximum atomic E-state index is 11.8. The Balaban J connectivity index is 2.38. The normalized spacial score (nSPS) is 29.5. The number of aliphatic hydroxyl groups excluding tert-OH is 1. The summed E-state index contributed by atoms with van der Waals surface area (Å²) in [5.74, 6) is 0.127. The number of hydrogen-bond acceptors (Lipinski definition) is 3. The molecule has 1 rings (SSSR count). The van der Waals surface area contributed by atoms with E-state index in [4.69, 9.17) is 5.73 Å². The highest BCUT2D eigenvalue weighted by Crippen LogP contribution is 2.18. The van der Waals surface area contributed by atoms with Crippen LogP contribution in [0.1, 0.15) is 46.0 Å². The van der Waals surface area contributed by atoms with Gasteiger partial charge in [0.25, 0.3) is 0 Å². The van der Waals surface area contributed by atoms with Gasteiger partial charge in [-0.05, 0) is 31.6 Å². The molecule has 0 radical (unpaired) electrons. The number of nitrogens with one attached hydrogen (secondary N) is 1. The second-order valence-corrected chi connectivity index (χ2v) is 4.94. The molecule has 1 fully saturated rings.